The molecule has 4 rings (SSSR count). The molecule has 0 fully saturated rings. The number of hydrogen-bond donors (Lipinski definition) is 2. The number of rotatable bonds is 3. The van der Waals surface area contributed by atoms with E-state index in [0.717, 1.165) is 24.0 Å². The van der Waals surface area contributed by atoms with Crippen LogP contribution in [0.15, 0.2) is 36.4 Å². The molecular weight excluding hydrogens is 347 g/mol. The van der Waals surface area contributed by atoms with Crippen LogP contribution >= 0.6 is 0 Å². The zero-order valence-corrected chi connectivity index (χ0v) is 13.7. The zero-order chi connectivity index (χ0) is 18.4. The van der Waals surface area contributed by atoms with E-state index in [1.165, 1.54) is 12.1 Å². The summed E-state index contributed by atoms with van der Waals surface area (Å²) in [5.41, 5.74) is 0.847. The Kier molecular flexibility index (Phi) is 3.83. The van der Waals surface area contributed by atoms with Crippen molar-refractivity contribution < 1.29 is 18.3 Å². The number of alkyl halides is 3. The normalized spacial score (nSPS) is 20.2. The summed E-state index contributed by atoms with van der Waals surface area (Å²) >= 11 is 0. The van der Waals surface area contributed by atoms with Crippen LogP contribution in [0.1, 0.15) is 29.8 Å². The van der Waals surface area contributed by atoms with Crippen LogP contribution in [0.3, 0.4) is 0 Å². The molecule has 6 nitrogen and oxygen atoms in total. The molecule has 1 aliphatic carbocycles. The van der Waals surface area contributed by atoms with E-state index in [1.54, 1.807) is 0 Å². The number of aliphatic hydroxyl groups is 1. The maximum atomic E-state index is 13.0. The molecule has 2 N–H and O–H groups in total. The topological polar surface area (TPSA) is 75.3 Å². The summed E-state index contributed by atoms with van der Waals surface area (Å²) in [4.78, 5) is 0. The number of nitrogens with zero attached hydrogens (tertiary/aromatic N) is 4. The minimum absolute atomic E-state index is 0.00426. The van der Waals surface area contributed by atoms with Crippen LogP contribution in [0.5, 0.6) is 0 Å². The number of aromatic nitrogens is 4. The fourth-order valence-electron chi connectivity index (χ4n) is 3.38. The van der Waals surface area contributed by atoms with Crippen LogP contribution in [0, 0.1) is 0 Å². The molecule has 1 aromatic carbocycles. The van der Waals surface area contributed by atoms with Crippen molar-refractivity contribution in [1.29, 1.82) is 0 Å². The zero-order valence-electron chi connectivity index (χ0n) is 13.7. The molecule has 2 aromatic heterocycles. The lowest BCUT2D eigenvalue weighted by atomic mass is 9.79. The predicted molar refractivity (Wildman–Crippen MR) is 87.6 cm³/mol. The minimum Gasteiger partial charge on any atom is -0.383 e. The Morgan fingerprint density at radius 1 is 1.15 bits per heavy atom. The first-order valence-corrected chi connectivity index (χ1v) is 8.21. The second-order valence-electron chi connectivity index (χ2n) is 6.41. The predicted octanol–water partition coefficient (Wildman–Crippen LogP) is 2.78. The summed E-state index contributed by atoms with van der Waals surface area (Å²) in [5, 5.41) is 24.5. The minimum atomic E-state index is -4.65. The molecule has 26 heavy (non-hydrogen) atoms. The average Bonchev–Trinajstić information content (AvgIpc) is 3.04. The second-order valence-corrected chi connectivity index (χ2v) is 6.41. The Bertz CT molecular complexity index is 955. The smallest absolute Gasteiger partial charge is 0.383 e. The van der Waals surface area contributed by atoms with E-state index in [2.05, 4.69) is 20.6 Å². The van der Waals surface area contributed by atoms with Crippen LogP contribution in [-0.2, 0) is 18.2 Å². The van der Waals surface area contributed by atoms with Crippen molar-refractivity contribution in [1.82, 2.24) is 19.8 Å². The van der Waals surface area contributed by atoms with Gasteiger partial charge in [0.15, 0.2) is 5.65 Å². The van der Waals surface area contributed by atoms with Gasteiger partial charge in [0.1, 0.15) is 11.4 Å². The maximum absolute atomic E-state index is 13.0. The van der Waals surface area contributed by atoms with Gasteiger partial charge in [-0.3, -0.25) is 0 Å². The summed E-state index contributed by atoms with van der Waals surface area (Å²) in [6.45, 7) is 0.145. The molecule has 1 atom stereocenters. The summed E-state index contributed by atoms with van der Waals surface area (Å²) < 4.78 is 39.5. The summed E-state index contributed by atoms with van der Waals surface area (Å²) in [6.07, 6.45) is -2.34. The van der Waals surface area contributed by atoms with Crippen LogP contribution in [-0.4, -0.2) is 31.5 Å². The Morgan fingerprint density at radius 3 is 2.77 bits per heavy atom. The summed E-state index contributed by atoms with van der Waals surface area (Å²) in [7, 11) is 0. The largest absolute Gasteiger partial charge is 0.453 e. The lowest BCUT2D eigenvalue weighted by Crippen LogP contribution is -2.37. The van der Waals surface area contributed by atoms with E-state index >= 15 is 0 Å². The first-order valence-electron chi connectivity index (χ1n) is 8.21. The van der Waals surface area contributed by atoms with Gasteiger partial charge >= 0.3 is 6.18 Å². The highest BCUT2D eigenvalue weighted by atomic mass is 19.4. The first kappa shape index (κ1) is 16.8. The van der Waals surface area contributed by atoms with Gasteiger partial charge in [-0.25, -0.2) is 0 Å². The van der Waals surface area contributed by atoms with Crippen LogP contribution in [0.2, 0.25) is 0 Å². The van der Waals surface area contributed by atoms with Gasteiger partial charge in [-0.05, 0) is 42.5 Å². The molecule has 2 heterocycles. The van der Waals surface area contributed by atoms with E-state index in [-0.39, 0.29) is 18.0 Å². The Morgan fingerprint density at radius 2 is 1.96 bits per heavy atom. The van der Waals surface area contributed by atoms with E-state index < -0.39 is 17.6 Å². The molecule has 0 saturated carbocycles. The van der Waals surface area contributed by atoms with Crippen LogP contribution in [0.25, 0.3) is 5.65 Å². The average molecular weight is 363 g/mol. The SMILES string of the molecule is OC1(CNc2ccc3nnc(C(F)(F)F)n3n2)CCCc2ccccc21. The standard InChI is InChI=1S/C17H16F3N5O/c18-17(19,20)15-23-22-14-8-7-13(24-25(14)15)21-10-16(26)9-3-5-11-4-1-2-6-12(11)16/h1-2,4,6-8,26H,3,5,9-10H2,(H,21,24). The van der Waals surface area contributed by atoms with Gasteiger partial charge in [0.05, 0.1) is 0 Å². The molecular formula is C17H16F3N5O. The number of fused-ring (bicyclic) bond motifs is 2. The number of hydrogen-bond acceptors (Lipinski definition) is 5. The monoisotopic (exact) mass is 363 g/mol. The molecule has 1 aliphatic rings. The van der Waals surface area contributed by atoms with Gasteiger partial charge < -0.3 is 10.4 Å². The van der Waals surface area contributed by atoms with Crippen LogP contribution < -0.4 is 5.32 Å². The van der Waals surface area contributed by atoms with Gasteiger partial charge in [0, 0.05) is 6.54 Å². The van der Waals surface area contributed by atoms with Crippen molar-refractivity contribution in [2.75, 3.05) is 11.9 Å². The number of benzene rings is 1. The highest BCUT2D eigenvalue weighted by Gasteiger charge is 2.38. The molecule has 0 aliphatic heterocycles. The lowest BCUT2D eigenvalue weighted by molar-refractivity contribution is -0.146. The molecule has 136 valence electrons. The van der Waals surface area contributed by atoms with Gasteiger partial charge in [-0.1, -0.05) is 24.3 Å². The second kappa shape index (κ2) is 5.94. The third-order valence-electron chi connectivity index (χ3n) is 4.63. The Labute approximate surface area is 146 Å². The first-order chi connectivity index (χ1) is 12.4. The molecule has 3 aromatic rings. The molecule has 0 radical (unpaired) electrons. The van der Waals surface area contributed by atoms with E-state index in [1.807, 2.05) is 24.3 Å². The van der Waals surface area contributed by atoms with Crippen molar-refractivity contribution in [2.24, 2.45) is 0 Å². The van der Waals surface area contributed by atoms with E-state index in [4.69, 9.17) is 0 Å². The van der Waals surface area contributed by atoms with Crippen molar-refractivity contribution in [3.63, 3.8) is 0 Å². The summed E-state index contributed by atoms with van der Waals surface area (Å²) in [5.74, 6) is -0.975. The molecule has 0 saturated heterocycles. The quantitative estimate of drug-likeness (QED) is 0.748. The number of nitrogens with one attached hydrogen (secondary N) is 1. The van der Waals surface area contributed by atoms with Crippen molar-refractivity contribution >= 4 is 11.5 Å². The summed E-state index contributed by atoms with van der Waals surface area (Å²) in [6, 6.07) is 10.6. The lowest BCUT2D eigenvalue weighted by Gasteiger charge is -2.34. The van der Waals surface area contributed by atoms with Crippen molar-refractivity contribution in [3.05, 3.63) is 53.3 Å². The number of halogens is 3. The van der Waals surface area contributed by atoms with Gasteiger partial charge in [0.2, 0.25) is 0 Å². The fraction of sp³-hybridized carbons (Fsp3) is 0.353. The van der Waals surface area contributed by atoms with Gasteiger partial charge in [-0.2, -0.15) is 17.7 Å². The maximum Gasteiger partial charge on any atom is 0.453 e. The fourth-order valence-corrected chi connectivity index (χ4v) is 3.38. The Balaban J connectivity index is 1.61. The number of aryl methyl sites for hydroxylation is 1. The third kappa shape index (κ3) is 2.88. The highest BCUT2D eigenvalue weighted by molar-refractivity contribution is 5.45. The molecule has 9 heteroatoms. The number of anilines is 1. The van der Waals surface area contributed by atoms with Crippen LogP contribution in [0.4, 0.5) is 19.0 Å². The Hall–Kier alpha value is -2.68. The van der Waals surface area contributed by atoms with Crippen molar-refractivity contribution in [3.8, 4) is 0 Å². The van der Waals surface area contributed by atoms with Gasteiger partial charge in [0.25, 0.3) is 5.82 Å². The third-order valence-corrected chi connectivity index (χ3v) is 4.63. The molecule has 0 bridgehead atoms. The van der Waals surface area contributed by atoms with Crippen molar-refractivity contribution in [2.45, 2.75) is 31.0 Å². The highest BCUT2D eigenvalue weighted by Crippen LogP contribution is 2.35. The van der Waals surface area contributed by atoms with E-state index in [0.29, 0.717) is 10.9 Å². The molecule has 0 spiro atoms. The molecule has 1 unspecified atom stereocenters. The van der Waals surface area contributed by atoms with E-state index in [9.17, 15) is 18.3 Å². The van der Waals surface area contributed by atoms with Gasteiger partial charge in [-0.15, -0.1) is 15.3 Å². The molecule has 0 amide bonds.